The van der Waals surface area contributed by atoms with Gasteiger partial charge in [0.2, 0.25) is 5.91 Å². The number of rotatable bonds is 6. The Morgan fingerprint density at radius 1 is 1.24 bits per heavy atom. The number of amides is 1. The Morgan fingerprint density at radius 3 is 2.52 bits per heavy atom. The smallest absolute Gasteiger partial charge is 0.246 e. The standard InChI is InChI=1S/C20H35N7O.HI/c1-16(2)11-17(25-7-5-6-8-25)12-22-20(21-3)26-9-10-27(19(28)15-26)18-13-23-24(4)14-18;/h13-14,16-17H,5-12,15H2,1-4H3,(H,21,22);1H. The van der Waals surface area contributed by atoms with E-state index in [1.54, 1.807) is 17.9 Å². The van der Waals surface area contributed by atoms with Gasteiger partial charge in [0.05, 0.1) is 11.9 Å². The number of piperazine rings is 1. The Balaban J connectivity index is 0.00000300. The fourth-order valence-corrected chi connectivity index (χ4v) is 4.23. The summed E-state index contributed by atoms with van der Waals surface area (Å²) in [6.07, 6.45) is 7.40. The van der Waals surface area contributed by atoms with E-state index in [1.807, 2.05) is 18.1 Å². The zero-order chi connectivity index (χ0) is 20.1. The van der Waals surface area contributed by atoms with E-state index in [0.29, 0.717) is 25.0 Å². The number of hydrogen-bond acceptors (Lipinski definition) is 4. The molecule has 3 heterocycles. The van der Waals surface area contributed by atoms with Gasteiger partial charge < -0.3 is 15.1 Å². The van der Waals surface area contributed by atoms with Crippen molar-refractivity contribution in [1.29, 1.82) is 0 Å². The van der Waals surface area contributed by atoms with Crippen LogP contribution in [0.5, 0.6) is 0 Å². The second kappa shape index (κ2) is 11.1. The van der Waals surface area contributed by atoms with Crippen molar-refractivity contribution in [1.82, 2.24) is 24.9 Å². The van der Waals surface area contributed by atoms with E-state index in [1.165, 1.54) is 32.4 Å². The first kappa shape index (κ1) is 23.9. The van der Waals surface area contributed by atoms with Crippen molar-refractivity contribution >= 4 is 41.5 Å². The molecule has 0 aliphatic carbocycles. The van der Waals surface area contributed by atoms with Crippen LogP contribution in [-0.2, 0) is 11.8 Å². The first-order valence-electron chi connectivity index (χ1n) is 10.5. The monoisotopic (exact) mass is 517 g/mol. The number of hydrogen-bond donors (Lipinski definition) is 1. The van der Waals surface area contributed by atoms with Gasteiger partial charge in [0.25, 0.3) is 0 Å². The lowest BCUT2D eigenvalue weighted by Crippen LogP contribution is -2.56. The Kier molecular flexibility index (Phi) is 9.19. The van der Waals surface area contributed by atoms with Crippen LogP contribution < -0.4 is 10.2 Å². The lowest BCUT2D eigenvalue weighted by Gasteiger charge is -2.36. The third-order valence-electron chi connectivity index (χ3n) is 5.63. The summed E-state index contributed by atoms with van der Waals surface area (Å²) < 4.78 is 1.72. The van der Waals surface area contributed by atoms with Crippen LogP contribution in [0.15, 0.2) is 17.4 Å². The molecule has 0 radical (unpaired) electrons. The number of guanidine groups is 1. The maximum Gasteiger partial charge on any atom is 0.246 e. The largest absolute Gasteiger partial charge is 0.355 e. The van der Waals surface area contributed by atoms with E-state index in [-0.39, 0.29) is 29.9 Å². The van der Waals surface area contributed by atoms with Crippen molar-refractivity contribution in [3.05, 3.63) is 12.4 Å². The molecule has 0 bridgehead atoms. The minimum absolute atomic E-state index is 0. The lowest BCUT2D eigenvalue weighted by molar-refractivity contribution is -0.120. The Morgan fingerprint density at radius 2 is 1.97 bits per heavy atom. The average Bonchev–Trinajstić information content (AvgIpc) is 3.33. The molecule has 1 aromatic heterocycles. The molecule has 1 aromatic rings. The molecule has 0 spiro atoms. The van der Waals surface area contributed by atoms with Gasteiger partial charge in [-0.05, 0) is 38.3 Å². The van der Waals surface area contributed by atoms with E-state index in [9.17, 15) is 4.79 Å². The molecule has 1 atom stereocenters. The summed E-state index contributed by atoms with van der Waals surface area (Å²) in [5.74, 6) is 1.58. The molecule has 9 heteroatoms. The van der Waals surface area contributed by atoms with Gasteiger partial charge in [-0.1, -0.05) is 13.8 Å². The molecule has 0 saturated carbocycles. The quantitative estimate of drug-likeness (QED) is 0.354. The molecule has 2 saturated heterocycles. The second-order valence-corrected chi connectivity index (χ2v) is 8.29. The van der Waals surface area contributed by atoms with Crippen LogP contribution in [0.4, 0.5) is 5.69 Å². The molecular formula is C20H36IN7O. The fraction of sp³-hybridized carbons (Fsp3) is 0.750. The molecule has 3 rings (SSSR count). The van der Waals surface area contributed by atoms with Crippen LogP contribution in [0.3, 0.4) is 0 Å². The normalized spacial score (nSPS) is 19.6. The average molecular weight is 517 g/mol. The highest BCUT2D eigenvalue weighted by Crippen LogP contribution is 2.18. The van der Waals surface area contributed by atoms with Crippen molar-refractivity contribution in [3.8, 4) is 0 Å². The first-order chi connectivity index (χ1) is 13.5. The number of likely N-dealkylation sites (tertiary alicyclic amines) is 1. The van der Waals surface area contributed by atoms with Crippen LogP contribution in [-0.4, -0.2) is 83.8 Å². The summed E-state index contributed by atoms with van der Waals surface area (Å²) in [5.41, 5.74) is 0.862. The van der Waals surface area contributed by atoms with Gasteiger partial charge in [-0.25, -0.2) is 0 Å². The molecule has 1 N–H and O–H groups in total. The third kappa shape index (κ3) is 6.31. The zero-order valence-electron chi connectivity index (χ0n) is 18.2. The third-order valence-corrected chi connectivity index (χ3v) is 5.63. The maximum absolute atomic E-state index is 12.7. The summed E-state index contributed by atoms with van der Waals surface area (Å²) in [4.78, 5) is 23.6. The van der Waals surface area contributed by atoms with Gasteiger partial charge in [0, 0.05) is 46.0 Å². The van der Waals surface area contributed by atoms with Crippen LogP contribution in [0.25, 0.3) is 0 Å². The summed E-state index contributed by atoms with van der Waals surface area (Å²) >= 11 is 0. The number of carbonyl (C=O) groups is 1. The Labute approximate surface area is 191 Å². The SMILES string of the molecule is CN=C(NCC(CC(C)C)N1CCCC1)N1CCN(c2cnn(C)c2)C(=O)C1.I. The van der Waals surface area contributed by atoms with Crippen molar-refractivity contribution in [2.75, 3.05) is 51.2 Å². The predicted molar refractivity (Wildman–Crippen MR) is 128 cm³/mol. The number of halogens is 1. The highest BCUT2D eigenvalue weighted by molar-refractivity contribution is 14.0. The number of aromatic nitrogens is 2. The van der Waals surface area contributed by atoms with E-state index in [2.05, 4.69) is 39.1 Å². The number of nitrogens with one attached hydrogen (secondary N) is 1. The van der Waals surface area contributed by atoms with Crippen molar-refractivity contribution in [2.45, 2.75) is 39.2 Å². The molecule has 0 aromatic carbocycles. The number of nitrogens with zero attached hydrogens (tertiary/aromatic N) is 6. The summed E-state index contributed by atoms with van der Waals surface area (Å²) in [6.45, 7) is 9.59. The fourth-order valence-electron chi connectivity index (χ4n) is 4.23. The lowest BCUT2D eigenvalue weighted by atomic mass is 10.0. The minimum Gasteiger partial charge on any atom is -0.355 e. The second-order valence-electron chi connectivity index (χ2n) is 8.29. The van der Waals surface area contributed by atoms with Crippen LogP contribution in [0.1, 0.15) is 33.1 Å². The number of aliphatic imine (C=N–C) groups is 1. The maximum atomic E-state index is 12.7. The highest BCUT2D eigenvalue weighted by Gasteiger charge is 2.29. The van der Waals surface area contributed by atoms with Crippen LogP contribution in [0.2, 0.25) is 0 Å². The van der Waals surface area contributed by atoms with Gasteiger partial charge in [0.1, 0.15) is 6.54 Å². The first-order valence-corrected chi connectivity index (χ1v) is 10.5. The Hall–Kier alpha value is -1.36. The molecular weight excluding hydrogens is 481 g/mol. The van der Waals surface area contributed by atoms with Gasteiger partial charge in [-0.15, -0.1) is 24.0 Å². The van der Waals surface area contributed by atoms with Gasteiger partial charge in [-0.2, -0.15) is 5.10 Å². The van der Waals surface area contributed by atoms with E-state index < -0.39 is 0 Å². The highest BCUT2D eigenvalue weighted by atomic mass is 127. The Bertz CT molecular complexity index is 684. The van der Waals surface area contributed by atoms with Crippen LogP contribution in [0, 0.1) is 5.92 Å². The summed E-state index contributed by atoms with van der Waals surface area (Å²) in [5, 5.41) is 7.72. The molecule has 2 aliphatic heterocycles. The summed E-state index contributed by atoms with van der Waals surface area (Å²) in [6, 6.07) is 0.520. The topological polar surface area (TPSA) is 69.0 Å². The molecule has 8 nitrogen and oxygen atoms in total. The predicted octanol–water partition coefficient (Wildman–Crippen LogP) is 1.77. The number of anilines is 1. The van der Waals surface area contributed by atoms with E-state index in [4.69, 9.17) is 0 Å². The van der Waals surface area contributed by atoms with Gasteiger partial charge >= 0.3 is 0 Å². The van der Waals surface area contributed by atoms with E-state index in [0.717, 1.165) is 24.7 Å². The molecule has 2 aliphatic rings. The van der Waals surface area contributed by atoms with Crippen molar-refractivity contribution in [3.63, 3.8) is 0 Å². The number of aryl methyl sites for hydroxylation is 1. The van der Waals surface area contributed by atoms with Crippen LogP contribution >= 0.6 is 24.0 Å². The summed E-state index contributed by atoms with van der Waals surface area (Å²) in [7, 11) is 3.66. The molecule has 164 valence electrons. The van der Waals surface area contributed by atoms with E-state index >= 15 is 0 Å². The minimum atomic E-state index is 0. The molecule has 1 unspecified atom stereocenters. The molecule has 1 amide bonds. The van der Waals surface area contributed by atoms with Gasteiger partial charge in [0.15, 0.2) is 5.96 Å². The number of carbonyl (C=O) groups excluding carboxylic acids is 1. The van der Waals surface area contributed by atoms with Crippen molar-refractivity contribution < 1.29 is 4.79 Å². The zero-order valence-corrected chi connectivity index (χ0v) is 20.5. The molecule has 29 heavy (non-hydrogen) atoms. The molecule has 2 fully saturated rings. The van der Waals surface area contributed by atoms with Crippen molar-refractivity contribution in [2.24, 2.45) is 18.0 Å². The van der Waals surface area contributed by atoms with Gasteiger partial charge in [-0.3, -0.25) is 19.4 Å².